The normalized spacial score (nSPS) is 17.3. The number of likely N-dealkylation sites (tertiary alicyclic amines) is 1. The van der Waals surface area contributed by atoms with Crippen molar-refractivity contribution in [2.75, 3.05) is 19.8 Å². The van der Waals surface area contributed by atoms with Gasteiger partial charge in [-0.1, -0.05) is 38.0 Å². The fraction of sp³-hybridized carbons (Fsp3) is 0.357. The molecule has 1 aromatic heterocycles. The summed E-state index contributed by atoms with van der Waals surface area (Å²) in [7, 11) is 0. The Morgan fingerprint density at radius 2 is 1.80 bits per heavy atom. The van der Waals surface area contributed by atoms with Gasteiger partial charge in [0, 0.05) is 35.3 Å². The second-order valence-corrected chi connectivity index (χ2v) is 8.51. The van der Waals surface area contributed by atoms with Crippen LogP contribution >= 0.6 is 0 Å². The van der Waals surface area contributed by atoms with E-state index in [-0.39, 0.29) is 11.3 Å². The Hall–Kier alpha value is -3.74. The number of fused-ring (bicyclic) bond motifs is 1. The van der Waals surface area contributed by atoms with E-state index >= 15 is 0 Å². The Labute approximate surface area is 205 Å². The van der Waals surface area contributed by atoms with Crippen molar-refractivity contribution in [3.8, 4) is 11.5 Å². The Morgan fingerprint density at radius 3 is 2.54 bits per heavy atom. The van der Waals surface area contributed by atoms with Gasteiger partial charge < -0.3 is 24.5 Å². The van der Waals surface area contributed by atoms with E-state index < -0.39 is 17.7 Å². The highest BCUT2D eigenvalue weighted by atomic mass is 16.5. The quantitative estimate of drug-likeness (QED) is 0.173. The maximum Gasteiger partial charge on any atom is 0.295 e. The number of carbonyl (C=O) groups excluding carboxylic acids is 2. The lowest BCUT2D eigenvalue weighted by Crippen LogP contribution is -2.30. The van der Waals surface area contributed by atoms with Crippen LogP contribution in [0, 0.1) is 0 Å². The number of H-pyrrole nitrogens is 1. The predicted octanol–water partition coefficient (Wildman–Crippen LogP) is 5.58. The fourth-order valence-corrected chi connectivity index (χ4v) is 4.66. The van der Waals surface area contributed by atoms with Crippen molar-refractivity contribution in [2.24, 2.45) is 0 Å². The minimum atomic E-state index is -0.705. The summed E-state index contributed by atoms with van der Waals surface area (Å²) in [5, 5.41) is 12.4. The van der Waals surface area contributed by atoms with Crippen LogP contribution in [-0.2, 0) is 9.59 Å². The van der Waals surface area contributed by atoms with Crippen LogP contribution in [-0.4, -0.2) is 46.4 Å². The molecular formula is C28H32N2O5. The molecule has 1 fully saturated rings. The molecule has 1 unspecified atom stereocenters. The van der Waals surface area contributed by atoms with Crippen LogP contribution in [0.2, 0.25) is 0 Å². The zero-order valence-electron chi connectivity index (χ0n) is 20.5. The van der Waals surface area contributed by atoms with Gasteiger partial charge >= 0.3 is 0 Å². The van der Waals surface area contributed by atoms with Gasteiger partial charge in [0.15, 0.2) is 0 Å². The van der Waals surface area contributed by atoms with Crippen molar-refractivity contribution in [1.82, 2.24) is 9.88 Å². The van der Waals surface area contributed by atoms with Crippen LogP contribution in [0.1, 0.15) is 57.2 Å². The van der Waals surface area contributed by atoms with Crippen LogP contribution in [0.3, 0.4) is 0 Å². The molecule has 1 atom stereocenters. The Balaban J connectivity index is 1.89. The van der Waals surface area contributed by atoms with E-state index in [1.165, 1.54) is 0 Å². The minimum absolute atomic E-state index is 0.0707. The summed E-state index contributed by atoms with van der Waals surface area (Å²) in [5.74, 6) is -0.540. The van der Waals surface area contributed by atoms with E-state index in [1.54, 1.807) is 23.1 Å². The number of hydrogen-bond acceptors (Lipinski definition) is 5. The van der Waals surface area contributed by atoms with Crippen molar-refractivity contribution >= 4 is 28.4 Å². The molecule has 7 heteroatoms. The van der Waals surface area contributed by atoms with E-state index in [0.29, 0.717) is 36.8 Å². The Bertz CT molecular complexity index is 1260. The summed E-state index contributed by atoms with van der Waals surface area (Å²) in [4.78, 5) is 31.4. The molecule has 1 aliphatic heterocycles. The summed E-state index contributed by atoms with van der Waals surface area (Å²) < 4.78 is 11.4. The maximum absolute atomic E-state index is 13.4. The molecular weight excluding hydrogens is 444 g/mol. The SMILES string of the molecule is CCCCCN1C(=O)C(=O)/C(=C(/O)c2ccc(OCC)cc2OCC)C1c1c[nH]c2ccccc12. The number of amides is 1. The van der Waals surface area contributed by atoms with Gasteiger partial charge in [0.25, 0.3) is 11.7 Å². The molecule has 4 rings (SSSR count). The molecule has 7 nitrogen and oxygen atoms in total. The standard InChI is InChI=1S/C28H32N2O5/c1-4-7-10-15-30-25(21-17-29-22-12-9-8-11-19(21)22)24(27(32)28(30)33)26(31)20-14-13-18(34-5-2)16-23(20)35-6-3/h8-9,11-14,16-17,25,29,31H,4-7,10,15H2,1-3H3/b26-24+. The van der Waals surface area contributed by atoms with Gasteiger partial charge in [-0.2, -0.15) is 0 Å². The molecule has 0 spiro atoms. The molecule has 3 aromatic rings. The van der Waals surface area contributed by atoms with Crippen molar-refractivity contribution in [1.29, 1.82) is 0 Å². The zero-order valence-corrected chi connectivity index (χ0v) is 20.5. The average molecular weight is 477 g/mol. The zero-order chi connectivity index (χ0) is 24.9. The van der Waals surface area contributed by atoms with E-state index in [0.717, 1.165) is 35.7 Å². The van der Waals surface area contributed by atoms with Crippen molar-refractivity contribution in [2.45, 2.75) is 46.1 Å². The van der Waals surface area contributed by atoms with Gasteiger partial charge in [-0.3, -0.25) is 9.59 Å². The van der Waals surface area contributed by atoms with E-state index in [1.807, 2.05) is 44.3 Å². The highest BCUT2D eigenvalue weighted by Crippen LogP contribution is 2.43. The Morgan fingerprint density at radius 1 is 1.03 bits per heavy atom. The summed E-state index contributed by atoms with van der Waals surface area (Å²) in [6, 6.07) is 12.1. The first-order chi connectivity index (χ1) is 17.0. The molecule has 1 saturated heterocycles. The number of ketones is 1. The Kier molecular flexibility index (Phi) is 7.44. The number of ether oxygens (including phenoxy) is 2. The highest BCUT2D eigenvalue weighted by molar-refractivity contribution is 6.46. The lowest BCUT2D eigenvalue weighted by molar-refractivity contribution is -0.139. The van der Waals surface area contributed by atoms with E-state index in [2.05, 4.69) is 11.9 Å². The van der Waals surface area contributed by atoms with Crippen molar-refractivity contribution in [3.63, 3.8) is 0 Å². The third kappa shape index (κ3) is 4.63. The number of unbranched alkanes of at least 4 members (excludes halogenated alkanes) is 2. The summed E-state index contributed by atoms with van der Waals surface area (Å²) in [6.07, 6.45) is 4.53. The van der Waals surface area contributed by atoms with Gasteiger partial charge in [0.05, 0.1) is 30.4 Å². The highest BCUT2D eigenvalue weighted by Gasteiger charge is 2.46. The second kappa shape index (κ2) is 10.7. The van der Waals surface area contributed by atoms with Crippen LogP contribution in [0.25, 0.3) is 16.7 Å². The number of nitrogens with zero attached hydrogens (tertiary/aromatic N) is 1. The van der Waals surface area contributed by atoms with Crippen LogP contribution in [0.4, 0.5) is 0 Å². The number of hydrogen-bond donors (Lipinski definition) is 2. The van der Waals surface area contributed by atoms with E-state index in [9.17, 15) is 14.7 Å². The second-order valence-electron chi connectivity index (χ2n) is 8.51. The van der Waals surface area contributed by atoms with Gasteiger partial charge in [0.1, 0.15) is 17.3 Å². The predicted molar refractivity (Wildman–Crippen MR) is 136 cm³/mol. The number of aromatic nitrogens is 1. The molecule has 2 N–H and O–H groups in total. The van der Waals surface area contributed by atoms with Crippen molar-refractivity contribution < 1.29 is 24.2 Å². The summed E-state index contributed by atoms with van der Waals surface area (Å²) in [6.45, 7) is 7.10. The number of aliphatic hydroxyl groups is 1. The topological polar surface area (TPSA) is 91.9 Å². The molecule has 0 bridgehead atoms. The number of Topliss-reactive ketones (excluding diaryl/α,β-unsaturated/α-hetero) is 1. The number of aliphatic hydroxyl groups excluding tert-OH is 1. The fourth-order valence-electron chi connectivity index (χ4n) is 4.66. The third-order valence-corrected chi connectivity index (χ3v) is 6.28. The lowest BCUT2D eigenvalue weighted by Gasteiger charge is -2.25. The van der Waals surface area contributed by atoms with Crippen molar-refractivity contribution in [3.05, 3.63) is 65.4 Å². The third-order valence-electron chi connectivity index (χ3n) is 6.28. The average Bonchev–Trinajstić information content (AvgIpc) is 3.38. The van der Waals surface area contributed by atoms with Gasteiger partial charge in [-0.15, -0.1) is 0 Å². The first-order valence-electron chi connectivity index (χ1n) is 12.3. The van der Waals surface area contributed by atoms with Gasteiger partial charge in [-0.05, 0) is 38.5 Å². The smallest absolute Gasteiger partial charge is 0.295 e. The van der Waals surface area contributed by atoms with Gasteiger partial charge in [0.2, 0.25) is 0 Å². The maximum atomic E-state index is 13.4. The first-order valence-corrected chi connectivity index (χ1v) is 12.3. The van der Waals surface area contributed by atoms with Crippen LogP contribution < -0.4 is 9.47 Å². The summed E-state index contributed by atoms with van der Waals surface area (Å²) >= 11 is 0. The molecule has 1 amide bonds. The number of carbonyl (C=O) groups is 2. The molecule has 2 heterocycles. The van der Waals surface area contributed by atoms with Crippen LogP contribution in [0.15, 0.2) is 54.2 Å². The molecule has 1 aliphatic rings. The molecule has 0 radical (unpaired) electrons. The number of aromatic amines is 1. The molecule has 35 heavy (non-hydrogen) atoms. The number of rotatable bonds is 10. The molecule has 2 aromatic carbocycles. The minimum Gasteiger partial charge on any atom is -0.507 e. The number of benzene rings is 2. The molecule has 0 saturated carbocycles. The van der Waals surface area contributed by atoms with Gasteiger partial charge in [-0.25, -0.2) is 0 Å². The van der Waals surface area contributed by atoms with E-state index in [4.69, 9.17) is 9.47 Å². The number of para-hydroxylation sites is 1. The number of nitrogens with one attached hydrogen (secondary N) is 1. The molecule has 184 valence electrons. The van der Waals surface area contributed by atoms with Crippen LogP contribution in [0.5, 0.6) is 11.5 Å². The molecule has 0 aliphatic carbocycles. The monoisotopic (exact) mass is 476 g/mol. The lowest BCUT2D eigenvalue weighted by atomic mass is 9.94. The summed E-state index contributed by atoms with van der Waals surface area (Å²) in [5.41, 5.74) is 2.10. The first kappa shape index (κ1) is 24.4. The largest absolute Gasteiger partial charge is 0.507 e.